The Morgan fingerprint density at radius 2 is 1.42 bits per heavy atom. The molecule has 0 fully saturated rings. The molecule has 8 nitrogen and oxygen atoms in total. The second-order valence-electron chi connectivity index (χ2n) is 9.74. The number of carbonyl (C=O) groups excluding carboxylic acids is 3. The van der Waals surface area contributed by atoms with Crippen LogP contribution < -0.4 is 14.8 Å². The second-order valence-corrected chi connectivity index (χ2v) is 9.74. The summed E-state index contributed by atoms with van der Waals surface area (Å²) in [5, 5.41) is 12.4. The number of aliphatic carboxylic acids is 1. The van der Waals surface area contributed by atoms with Crippen LogP contribution in [-0.2, 0) is 25.6 Å². The fourth-order valence-electron chi connectivity index (χ4n) is 2.41. The van der Waals surface area contributed by atoms with E-state index in [9.17, 15) is 24.3 Å². The summed E-state index contributed by atoms with van der Waals surface area (Å²) in [6, 6.07) is 3.53. The van der Waals surface area contributed by atoms with Crippen molar-refractivity contribution >= 4 is 75.1 Å². The fraction of sp³-hybridized carbons (Fsp3) is 0.500. The van der Waals surface area contributed by atoms with Crippen LogP contribution in [0.3, 0.4) is 0 Å². The Balaban J connectivity index is 0.0000102. The van der Waals surface area contributed by atoms with Crippen LogP contribution in [0.15, 0.2) is 30.0 Å². The number of allylic oxidation sites excluding steroid dienone is 2. The molecule has 0 bridgehead atoms. The van der Waals surface area contributed by atoms with E-state index in [-0.39, 0.29) is 75.1 Å². The Hall–Kier alpha value is -1.52. The van der Waals surface area contributed by atoms with E-state index >= 15 is 0 Å². The van der Waals surface area contributed by atoms with Crippen LogP contribution in [-0.4, -0.2) is 86.2 Å². The number of ketones is 1. The van der Waals surface area contributed by atoms with Gasteiger partial charge in [-0.15, -0.1) is 0 Å². The normalized spacial score (nSPS) is 12.8. The van der Waals surface area contributed by atoms with Gasteiger partial charge in [0.2, 0.25) is 0 Å². The fourth-order valence-corrected chi connectivity index (χ4v) is 2.41. The summed E-state index contributed by atoms with van der Waals surface area (Å²) < 4.78 is 10.9. The van der Waals surface area contributed by atoms with E-state index in [1.165, 1.54) is 25.1 Å². The molecule has 0 heterocycles. The number of carboxylic acids is 1. The van der Waals surface area contributed by atoms with Gasteiger partial charge in [-0.2, -0.15) is 0 Å². The number of carboxylic acid groups (broad SMARTS) is 1. The third kappa shape index (κ3) is 11.0. The number of rotatable bonds is 8. The average molecular weight is 488 g/mol. The number of nitrogens with one attached hydrogen (secondary N) is 1. The van der Waals surface area contributed by atoms with Gasteiger partial charge in [-0.3, -0.25) is 14.4 Å². The van der Waals surface area contributed by atoms with Gasteiger partial charge in [0.1, 0.15) is 6.04 Å². The zero-order valence-corrected chi connectivity index (χ0v) is 20.0. The monoisotopic (exact) mass is 487 g/mol. The van der Waals surface area contributed by atoms with E-state index in [1.807, 2.05) is 0 Å². The van der Waals surface area contributed by atoms with E-state index in [0.29, 0.717) is 11.3 Å². The van der Waals surface area contributed by atoms with Gasteiger partial charge in [-0.05, 0) is 79.2 Å². The van der Waals surface area contributed by atoms with Gasteiger partial charge in [-0.1, -0.05) is 6.07 Å². The second kappa shape index (κ2) is 12.8. The summed E-state index contributed by atoms with van der Waals surface area (Å²) in [6.45, 7) is 13.1. The Bertz CT molecular complexity index is 924. The molecule has 2 N–H and O–H groups in total. The third-order valence-electron chi connectivity index (χ3n) is 4.20. The van der Waals surface area contributed by atoms with Gasteiger partial charge in [0.05, 0.1) is 10.8 Å². The maximum absolute atomic E-state index is 12.5. The number of carbonyl (C=O) groups is 4. The topological polar surface area (TPSA) is 119 Å². The zero-order chi connectivity index (χ0) is 24.9. The summed E-state index contributed by atoms with van der Waals surface area (Å²) in [6.07, 6.45) is 1.34. The average Bonchev–Trinajstić information content (AvgIpc) is 2.60. The van der Waals surface area contributed by atoms with Crippen molar-refractivity contribution in [2.24, 2.45) is 10.8 Å². The molecule has 0 saturated carbocycles. The zero-order valence-electron chi connectivity index (χ0n) is 20.0. The number of hydrogen-bond donors (Lipinski definition) is 2. The van der Waals surface area contributed by atoms with Crippen LogP contribution in [0, 0.1) is 10.8 Å². The first-order chi connectivity index (χ1) is 14.5. The Morgan fingerprint density at radius 1 is 0.939 bits per heavy atom. The van der Waals surface area contributed by atoms with E-state index in [2.05, 4.69) is 5.32 Å². The molecular weight excluding hydrogens is 453 g/mol. The molecule has 0 radical (unpaired) electrons. The summed E-state index contributed by atoms with van der Waals surface area (Å²) in [4.78, 5) is 47.7. The molecule has 0 aliphatic rings. The summed E-state index contributed by atoms with van der Waals surface area (Å²) >= 11 is 0. The molecule has 0 spiro atoms. The molecule has 0 aromatic heterocycles. The van der Waals surface area contributed by atoms with Crippen LogP contribution in [0.25, 0.3) is 0 Å². The molecule has 0 aliphatic carbocycles. The Kier molecular flexibility index (Phi) is 12.2. The van der Waals surface area contributed by atoms with Gasteiger partial charge < -0.3 is 19.9 Å². The van der Waals surface area contributed by atoms with E-state index in [4.69, 9.17) is 9.47 Å². The predicted molar refractivity (Wildman–Crippen MR) is 126 cm³/mol. The molecule has 1 aromatic carbocycles. The standard InChI is InChI=1S/C24H33NO7.K.H/c1-14(11-15(2)26)25-17(20(27)28)12-16-9-10-18(31-21(29)23(3,4)5)19(13-16)32-22(30)24(6,7)8;;/h9-11,13,17,25H,12H2,1-8H3,(H,27,28);;/b14-11+;;/t17-;;/m0../s1. The van der Waals surface area contributed by atoms with E-state index < -0.39 is 34.8 Å². The van der Waals surface area contributed by atoms with Crippen LogP contribution in [0.1, 0.15) is 61.0 Å². The van der Waals surface area contributed by atoms with Crippen molar-refractivity contribution in [1.82, 2.24) is 5.32 Å². The molecule has 1 rings (SSSR count). The van der Waals surface area contributed by atoms with Gasteiger partial charge in [-0.25, -0.2) is 4.79 Å². The first-order valence-electron chi connectivity index (χ1n) is 10.3. The van der Waals surface area contributed by atoms with Gasteiger partial charge in [0.25, 0.3) is 0 Å². The molecular formula is C24H34KNO7. The Labute approximate surface area is 237 Å². The predicted octanol–water partition coefficient (Wildman–Crippen LogP) is 3.02. The van der Waals surface area contributed by atoms with Crippen LogP contribution in [0.2, 0.25) is 0 Å². The Morgan fingerprint density at radius 3 is 1.85 bits per heavy atom. The number of hydrogen-bond acceptors (Lipinski definition) is 7. The van der Waals surface area contributed by atoms with Gasteiger partial charge in [0, 0.05) is 12.1 Å². The first-order valence-corrected chi connectivity index (χ1v) is 10.3. The molecule has 0 amide bonds. The molecule has 178 valence electrons. The molecule has 9 heteroatoms. The summed E-state index contributed by atoms with van der Waals surface area (Å²) in [5.41, 5.74) is -0.628. The number of esters is 2. The SMILES string of the molecule is CC(=O)/C=C(\C)N[C@@H](Cc1ccc(OC(=O)C(C)(C)C)c(OC(=O)C(C)(C)C)c1)C(=O)O.[KH]. The van der Waals surface area contributed by atoms with Gasteiger partial charge in [0.15, 0.2) is 17.3 Å². The summed E-state index contributed by atoms with van der Waals surface area (Å²) in [7, 11) is 0. The van der Waals surface area contributed by atoms with Crippen molar-refractivity contribution in [2.45, 2.75) is 67.9 Å². The molecule has 0 unspecified atom stereocenters. The van der Waals surface area contributed by atoms with Crippen molar-refractivity contribution in [1.29, 1.82) is 0 Å². The number of benzene rings is 1. The van der Waals surface area contributed by atoms with Crippen molar-refractivity contribution in [3.05, 3.63) is 35.5 Å². The van der Waals surface area contributed by atoms with Crippen molar-refractivity contribution < 1.29 is 33.8 Å². The molecule has 0 saturated heterocycles. The minimum atomic E-state index is -1.11. The molecule has 33 heavy (non-hydrogen) atoms. The van der Waals surface area contributed by atoms with Crippen LogP contribution in [0.5, 0.6) is 11.5 Å². The van der Waals surface area contributed by atoms with Crippen LogP contribution >= 0.6 is 0 Å². The van der Waals surface area contributed by atoms with Crippen molar-refractivity contribution in [3.63, 3.8) is 0 Å². The van der Waals surface area contributed by atoms with E-state index in [1.54, 1.807) is 54.5 Å². The third-order valence-corrected chi connectivity index (χ3v) is 4.20. The van der Waals surface area contributed by atoms with Crippen molar-refractivity contribution in [2.75, 3.05) is 0 Å². The first kappa shape index (κ1) is 31.5. The maximum atomic E-state index is 12.5. The minimum absolute atomic E-state index is 0. The van der Waals surface area contributed by atoms with Gasteiger partial charge >= 0.3 is 69.3 Å². The number of ether oxygens (including phenoxy) is 2. The summed E-state index contributed by atoms with van der Waals surface area (Å²) in [5.74, 6) is -2.26. The molecule has 0 aliphatic heterocycles. The van der Waals surface area contributed by atoms with Crippen molar-refractivity contribution in [3.8, 4) is 11.5 Å². The quantitative estimate of drug-likeness (QED) is 0.249. The molecule has 1 atom stereocenters. The van der Waals surface area contributed by atoms with Crippen LogP contribution in [0.4, 0.5) is 0 Å². The van der Waals surface area contributed by atoms with E-state index in [0.717, 1.165) is 0 Å². The molecule has 1 aromatic rings.